The fourth-order valence-electron chi connectivity index (χ4n) is 1.98. The van der Waals surface area contributed by atoms with Gasteiger partial charge in [-0.05, 0) is 24.3 Å². The van der Waals surface area contributed by atoms with E-state index in [1.165, 1.54) is 24.3 Å². The topological polar surface area (TPSA) is 40.5 Å². The number of phenols is 2. The Morgan fingerprint density at radius 2 is 0.879 bits per heavy atom. The fraction of sp³-hybridized carbons (Fsp3) is 0.167. The van der Waals surface area contributed by atoms with Crippen molar-refractivity contribution in [3.63, 3.8) is 0 Å². The molecule has 0 fully saturated rings. The monoisotopic (exact) mass is 640 g/mol. The predicted molar refractivity (Wildman–Crippen MR) is 138 cm³/mol. The van der Waals surface area contributed by atoms with Crippen molar-refractivity contribution < 1.29 is 36.4 Å². The average Bonchev–Trinajstić information content (AvgIpc) is 3.47. The smallest absolute Gasteiger partial charge is 0.508 e. The van der Waals surface area contributed by atoms with Gasteiger partial charge >= 0.3 is 26.2 Å². The Kier molecular flexibility index (Phi) is 16.9. The molecule has 0 spiro atoms. The van der Waals surface area contributed by atoms with E-state index in [9.17, 15) is 0 Å². The van der Waals surface area contributed by atoms with Gasteiger partial charge in [-0.15, -0.1) is 12.8 Å². The number of halogens is 6. The fourth-order valence-corrected chi connectivity index (χ4v) is 2.74. The molecule has 0 aliphatic heterocycles. The summed E-state index contributed by atoms with van der Waals surface area (Å²) >= 11 is 33.4. The van der Waals surface area contributed by atoms with E-state index in [4.69, 9.17) is 79.8 Å². The zero-order valence-corrected chi connectivity index (χ0v) is 24.2. The predicted octanol–water partition coefficient (Wildman–Crippen LogP) is 9.05. The van der Waals surface area contributed by atoms with Crippen molar-refractivity contribution >= 4 is 69.6 Å². The van der Waals surface area contributed by atoms with Crippen LogP contribution in [-0.4, -0.2) is 10.2 Å². The summed E-state index contributed by atoms with van der Waals surface area (Å²) in [4.78, 5) is 0. The van der Waals surface area contributed by atoms with E-state index in [2.05, 4.69) is 24.3 Å². The van der Waals surface area contributed by atoms with Crippen LogP contribution in [0.1, 0.15) is 24.0 Å². The summed E-state index contributed by atoms with van der Waals surface area (Å²) in [7, 11) is 0. The SMILES string of the molecule is Oc1ccc(C(Cl)(Cl)Cl)cc1.Oc1ccc(C(Cl)(Cl)Cl)cc1.[C-]1=CC=CC1.[C-]1=CC=CC1.[Zr+2]. The molecule has 0 bridgehead atoms. The van der Waals surface area contributed by atoms with Gasteiger partial charge in [-0.2, -0.15) is 12.2 Å². The van der Waals surface area contributed by atoms with E-state index in [0.29, 0.717) is 11.1 Å². The molecule has 0 aromatic heterocycles. The summed E-state index contributed by atoms with van der Waals surface area (Å²) in [5.41, 5.74) is 1.08. The maximum atomic E-state index is 8.89. The van der Waals surface area contributed by atoms with Crippen molar-refractivity contribution in [1.29, 1.82) is 0 Å². The molecule has 174 valence electrons. The van der Waals surface area contributed by atoms with Gasteiger partial charge in [-0.3, -0.25) is 12.2 Å². The summed E-state index contributed by atoms with van der Waals surface area (Å²) in [5.74, 6) is 0.311. The molecule has 2 aliphatic carbocycles. The molecule has 33 heavy (non-hydrogen) atoms. The molecule has 0 atom stereocenters. The molecule has 2 aromatic rings. The molecule has 2 N–H and O–H groups in total. The van der Waals surface area contributed by atoms with E-state index in [-0.39, 0.29) is 37.7 Å². The van der Waals surface area contributed by atoms with Gasteiger partial charge in [-0.1, -0.05) is 93.9 Å². The Hall–Kier alpha value is -0.377. The van der Waals surface area contributed by atoms with Crippen LogP contribution in [0.25, 0.3) is 0 Å². The largest absolute Gasteiger partial charge is 2.00 e. The van der Waals surface area contributed by atoms with Crippen molar-refractivity contribution in [1.82, 2.24) is 0 Å². The molecule has 9 heteroatoms. The number of phenolic OH excluding ortho intramolecular Hbond substituents is 2. The van der Waals surface area contributed by atoms with E-state index in [1.807, 2.05) is 24.3 Å². The van der Waals surface area contributed by atoms with Gasteiger partial charge in [0, 0.05) is 11.1 Å². The van der Waals surface area contributed by atoms with Crippen molar-refractivity contribution in [3.8, 4) is 11.5 Å². The third-order valence-corrected chi connectivity index (χ3v) is 4.87. The normalized spacial score (nSPS) is 13.0. The number of hydrogen-bond acceptors (Lipinski definition) is 2. The first-order valence-corrected chi connectivity index (χ1v) is 11.4. The summed E-state index contributed by atoms with van der Waals surface area (Å²) in [6.07, 6.45) is 20.0. The van der Waals surface area contributed by atoms with Crippen LogP contribution in [0.3, 0.4) is 0 Å². The zero-order valence-electron chi connectivity index (χ0n) is 17.2. The quantitative estimate of drug-likeness (QED) is 0.222. The van der Waals surface area contributed by atoms with Crippen LogP contribution >= 0.6 is 69.6 Å². The molecule has 2 nitrogen and oxygen atoms in total. The van der Waals surface area contributed by atoms with Gasteiger partial charge in [0.05, 0.1) is 0 Å². The first-order chi connectivity index (χ1) is 15.0. The Morgan fingerprint density at radius 3 is 1.03 bits per heavy atom. The number of alkyl halides is 6. The average molecular weight is 644 g/mol. The minimum atomic E-state index is -1.41. The Labute approximate surface area is 244 Å². The standard InChI is InChI=1S/2C7H5Cl3O.2C5H5.Zr/c2*8-7(9,10)5-1-3-6(11)4-2-5;2*1-2-4-5-3-1;/h2*1-4,11H;2*1-3H,4H2;/q;;2*-1;+2. The summed E-state index contributed by atoms with van der Waals surface area (Å²) in [6, 6.07) is 12.1. The van der Waals surface area contributed by atoms with Gasteiger partial charge in [0.2, 0.25) is 7.59 Å². The molecular weight excluding hydrogens is 624 g/mol. The minimum Gasteiger partial charge on any atom is -0.508 e. The number of benzene rings is 2. The molecular formula is C24H20Cl6O2Zr. The van der Waals surface area contributed by atoms with Crippen molar-refractivity contribution in [3.05, 3.63) is 108 Å². The van der Waals surface area contributed by atoms with Crippen molar-refractivity contribution in [2.45, 2.75) is 20.4 Å². The number of hydrogen-bond donors (Lipinski definition) is 2. The van der Waals surface area contributed by atoms with Crippen LogP contribution in [0.5, 0.6) is 11.5 Å². The van der Waals surface area contributed by atoms with E-state index < -0.39 is 7.59 Å². The minimum absolute atomic E-state index is 0. The van der Waals surface area contributed by atoms with Crippen LogP contribution in [0, 0.1) is 12.2 Å². The summed E-state index contributed by atoms with van der Waals surface area (Å²) in [5, 5.41) is 17.8. The molecule has 0 heterocycles. The summed E-state index contributed by atoms with van der Waals surface area (Å²) < 4.78 is -2.82. The number of rotatable bonds is 0. The maximum Gasteiger partial charge on any atom is 2.00 e. The third-order valence-electron chi connectivity index (χ3n) is 3.56. The molecule has 4 rings (SSSR count). The van der Waals surface area contributed by atoms with Gasteiger partial charge < -0.3 is 10.2 Å². The van der Waals surface area contributed by atoms with Gasteiger partial charge in [0.1, 0.15) is 11.5 Å². The second kappa shape index (κ2) is 17.1. The van der Waals surface area contributed by atoms with Crippen LogP contribution in [0.15, 0.2) is 85.0 Å². The molecule has 0 unspecified atom stereocenters. The van der Waals surface area contributed by atoms with E-state index in [1.54, 1.807) is 24.3 Å². The summed E-state index contributed by atoms with van der Waals surface area (Å²) in [6.45, 7) is 0. The Bertz CT molecular complexity index is 812. The first-order valence-electron chi connectivity index (χ1n) is 9.16. The van der Waals surface area contributed by atoms with Gasteiger partial charge in [0.25, 0.3) is 0 Å². The molecule has 0 saturated heterocycles. The third kappa shape index (κ3) is 16.0. The zero-order chi connectivity index (χ0) is 24.0. The van der Waals surface area contributed by atoms with Crippen LogP contribution in [0.2, 0.25) is 0 Å². The Morgan fingerprint density at radius 1 is 0.576 bits per heavy atom. The first kappa shape index (κ1) is 32.6. The molecule has 0 saturated carbocycles. The van der Waals surface area contributed by atoms with Gasteiger partial charge in [0.15, 0.2) is 0 Å². The Balaban J connectivity index is 0.000000434. The molecule has 0 amide bonds. The van der Waals surface area contributed by atoms with Crippen molar-refractivity contribution in [2.75, 3.05) is 0 Å². The van der Waals surface area contributed by atoms with Crippen LogP contribution in [0.4, 0.5) is 0 Å². The van der Waals surface area contributed by atoms with Crippen molar-refractivity contribution in [2.24, 2.45) is 0 Å². The van der Waals surface area contributed by atoms with E-state index >= 15 is 0 Å². The molecule has 2 aromatic carbocycles. The van der Waals surface area contributed by atoms with E-state index in [0.717, 1.165) is 12.8 Å². The number of allylic oxidation sites excluding steroid dienone is 8. The second-order valence-electron chi connectivity index (χ2n) is 6.10. The van der Waals surface area contributed by atoms with Gasteiger partial charge in [-0.25, -0.2) is 24.3 Å². The molecule has 0 radical (unpaired) electrons. The maximum absolute atomic E-state index is 8.89. The van der Waals surface area contributed by atoms with Crippen LogP contribution in [-0.2, 0) is 33.8 Å². The number of aromatic hydroxyl groups is 2. The molecule has 2 aliphatic rings. The second-order valence-corrected chi connectivity index (χ2v) is 10.7. The van der Waals surface area contributed by atoms with Crippen LogP contribution < -0.4 is 0 Å².